The summed E-state index contributed by atoms with van der Waals surface area (Å²) in [6, 6.07) is 5.14. The molecule has 25 heavy (non-hydrogen) atoms. The van der Waals surface area contributed by atoms with Gasteiger partial charge in [-0.3, -0.25) is 14.8 Å². The zero-order valence-electron chi connectivity index (χ0n) is 13.1. The third-order valence-electron chi connectivity index (χ3n) is 4.15. The van der Waals surface area contributed by atoms with Crippen LogP contribution in [0.5, 0.6) is 0 Å². The molecule has 1 aliphatic heterocycles. The highest BCUT2D eigenvalue weighted by Crippen LogP contribution is 2.36. The monoisotopic (exact) mass is 372 g/mol. The van der Waals surface area contributed by atoms with Crippen molar-refractivity contribution in [1.29, 1.82) is 0 Å². The van der Waals surface area contributed by atoms with Crippen molar-refractivity contribution in [2.45, 2.75) is 25.1 Å². The van der Waals surface area contributed by atoms with Crippen molar-refractivity contribution in [3.63, 3.8) is 0 Å². The van der Waals surface area contributed by atoms with E-state index in [9.17, 15) is 18.0 Å². The van der Waals surface area contributed by atoms with Crippen LogP contribution in [0.3, 0.4) is 0 Å². The van der Waals surface area contributed by atoms with Gasteiger partial charge in [0, 0.05) is 11.2 Å². The molecule has 0 bridgehead atoms. The standard InChI is InChI=1S/C16H16ClF3N4O/c17-10-3-4-12(11(8-10)16(18,19)20)22-15(25)9-24-7-1-2-14(24)13-5-6-21-23-13/h3-6,8,14H,1-2,7,9H2,(H,21,23)(H,22,25). The molecule has 2 aromatic rings. The fraction of sp³-hybridized carbons (Fsp3) is 0.375. The maximum atomic E-state index is 13.1. The predicted molar refractivity (Wildman–Crippen MR) is 87.2 cm³/mol. The van der Waals surface area contributed by atoms with Gasteiger partial charge in [0.25, 0.3) is 0 Å². The van der Waals surface area contributed by atoms with Crippen LogP contribution in [0.25, 0.3) is 0 Å². The van der Waals surface area contributed by atoms with E-state index in [2.05, 4.69) is 15.5 Å². The van der Waals surface area contributed by atoms with Crippen LogP contribution in [0.4, 0.5) is 18.9 Å². The quantitative estimate of drug-likeness (QED) is 0.856. The van der Waals surface area contributed by atoms with Crippen LogP contribution >= 0.6 is 11.6 Å². The lowest BCUT2D eigenvalue weighted by atomic mass is 10.1. The average molecular weight is 373 g/mol. The summed E-state index contributed by atoms with van der Waals surface area (Å²) in [5.74, 6) is -0.501. The van der Waals surface area contributed by atoms with Gasteiger partial charge >= 0.3 is 6.18 Å². The third kappa shape index (κ3) is 4.13. The van der Waals surface area contributed by atoms with Crippen LogP contribution in [-0.4, -0.2) is 34.1 Å². The van der Waals surface area contributed by atoms with Crippen LogP contribution < -0.4 is 5.32 Å². The molecule has 5 nitrogen and oxygen atoms in total. The van der Waals surface area contributed by atoms with E-state index in [-0.39, 0.29) is 23.3 Å². The number of hydrogen-bond donors (Lipinski definition) is 2. The Morgan fingerprint density at radius 2 is 2.20 bits per heavy atom. The number of amides is 1. The van der Waals surface area contributed by atoms with Crippen molar-refractivity contribution >= 4 is 23.2 Å². The lowest BCUT2D eigenvalue weighted by Gasteiger charge is -2.23. The van der Waals surface area contributed by atoms with E-state index in [1.807, 2.05) is 11.0 Å². The maximum absolute atomic E-state index is 13.1. The van der Waals surface area contributed by atoms with Gasteiger partial charge < -0.3 is 5.32 Å². The van der Waals surface area contributed by atoms with Gasteiger partial charge in [-0.05, 0) is 43.7 Å². The second-order valence-corrected chi connectivity index (χ2v) is 6.31. The Hall–Kier alpha value is -2.06. The molecule has 0 spiro atoms. The number of aromatic amines is 1. The summed E-state index contributed by atoms with van der Waals surface area (Å²) in [7, 11) is 0. The molecule has 2 N–H and O–H groups in total. The van der Waals surface area contributed by atoms with Crippen LogP contribution in [0.1, 0.15) is 30.1 Å². The summed E-state index contributed by atoms with van der Waals surface area (Å²) in [5.41, 5.74) is -0.355. The first-order chi connectivity index (χ1) is 11.8. The largest absolute Gasteiger partial charge is 0.418 e. The summed E-state index contributed by atoms with van der Waals surface area (Å²) in [5, 5.41) is 9.10. The summed E-state index contributed by atoms with van der Waals surface area (Å²) >= 11 is 5.64. The first kappa shape index (κ1) is 17.8. The minimum absolute atomic E-state index is 0.00358. The minimum atomic E-state index is -4.60. The molecule has 1 aromatic carbocycles. The van der Waals surface area contributed by atoms with E-state index in [0.717, 1.165) is 24.6 Å². The average Bonchev–Trinajstić information content (AvgIpc) is 3.18. The number of H-pyrrole nitrogens is 1. The van der Waals surface area contributed by atoms with Crippen LogP contribution in [-0.2, 0) is 11.0 Å². The molecule has 1 amide bonds. The Morgan fingerprint density at radius 1 is 1.40 bits per heavy atom. The number of rotatable bonds is 4. The molecule has 1 saturated heterocycles. The van der Waals surface area contributed by atoms with E-state index >= 15 is 0 Å². The molecule has 0 saturated carbocycles. The van der Waals surface area contributed by atoms with E-state index in [1.165, 1.54) is 12.1 Å². The van der Waals surface area contributed by atoms with Crippen molar-refractivity contribution < 1.29 is 18.0 Å². The highest BCUT2D eigenvalue weighted by Gasteiger charge is 2.35. The Morgan fingerprint density at radius 3 is 2.88 bits per heavy atom. The molecule has 134 valence electrons. The normalized spacial score (nSPS) is 18.5. The molecule has 1 atom stereocenters. The molecule has 0 radical (unpaired) electrons. The number of carbonyl (C=O) groups is 1. The minimum Gasteiger partial charge on any atom is -0.324 e. The number of nitrogens with zero attached hydrogens (tertiary/aromatic N) is 2. The van der Waals surface area contributed by atoms with Crippen LogP contribution in [0, 0.1) is 0 Å². The van der Waals surface area contributed by atoms with Crippen molar-refractivity contribution in [2.24, 2.45) is 0 Å². The van der Waals surface area contributed by atoms with Gasteiger partial charge in [0.2, 0.25) is 5.91 Å². The molecule has 9 heteroatoms. The highest BCUT2D eigenvalue weighted by atomic mass is 35.5. The number of benzene rings is 1. The number of anilines is 1. The Bertz CT molecular complexity index is 748. The smallest absolute Gasteiger partial charge is 0.324 e. The fourth-order valence-corrected chi connectivity index (χ4v) is 3.23. The zero-order valence-corrected chi connectivity index (χ0v) is 13.9. The molecule has 1 aliphatic rings. The number of halogens is 4. The predicted octanol–water partition coefficient (Wildman–Crippen LogP) is 3.86. The van der Waals surface area contributed by atoms with E-state index in [4.69, 9.17) is 11.6 Å². The summed E-state index contributed by atoms with van der Waals surface area (Å²) in [6.45, 7) is 0.702. The molecule has 1 fully saturated rings. The Kier molecular flexibility index (Phi) is 5.01. The van der Waals surface area contributed by atoms with Crippen LogP contribution in [0.2, 0.25) is 5.02 Å². The second-order valence-electron chi connectivity index (χ2n) is 5.88. The molecule has 3 rings (SSSR count). The van der Waals surface area contributed by atoms with Gasteiger partial charge in [0.1, 0.15) is 0 Å². The number of likely N-dealkylation sites (tertiary alicyclic amines) is 1. The summed E-state index contributed by atoms with van der Waals surface area (Å²) < 4.78 is 39.3. The molecular formula is C16H16ClF3N4O. The Labute approximate surface area is 147 Å². The van der Waals surface area contributed by atoms with E-state index in [0.29, 0.717) is 6.54 Å². The third-order valence-corrected chi connectivity index (χ3v) is 4.39. The lowest BCUT2D eigenvalue weighted by Crippen LogP contribution is -2.33. The molecule has 1 aromatic heterocycles. The van der Waals surface area contributed by atoms with Gasteiger partial charge in [-0.15, -0.1) is 0 Å². The van der Waals surface area contributed by atoms with Crippen LogP contribution in [0.15, 0.2) is 30.5 Å². The van der Waals surface area contributed by atoms with Crippen molar-refractivity contribution in [3.05, 3.63) is 46.7 Å². The first-order valence-electron chi connectivity index (χ1n) is 7.74. The number of carbonyl (C=O) groups excluding carboxylic acids is 1. The van der Waals surface area contributed by atoms with Crippen molar-refractivity contribution in [1.82, 2.24) is 15.1 Å². The molecule has 0 aliphatic carbocycles. The molecule has 1 unspecified atom stereocenters. The lowest BCUT2D eigenvalue weighted by molar-refractivity contribution is -0.137. The van der Waals surface area contributed by atoms with Gasteiger partial charge in [-0.25, -0.2) is 0 Å². The zero-order chi connectivity index (χ0) is 18.0. The van der Waals surface area contributed by atoms with Gasteiger partial charge in [-0.2, -0.15) is 18.3 Å². The summed E-state index contributed by atoms with van der Waals surface area (Å²) in [6.07, 6.45) is -1.19. The highest BCUT2D eigenvalue weighted by molar-refractivity contribution is 6.30. The van der Waals surface area contributed by atoms with Gasteiger partial charge in [-0.1, -0.05) is 11.6 Å². The number of nitrogens with one attached hydrogen (secondary N) is 2. The SMILES string of the molecule is O=C(CN1CCCC1c1ccn[nH]1)Nc1ccc(Cl)cc1C(F)(F)F. The number of alkyl halides is 3. The van der Waals surface area contributed by atoms with Crippen molar-refractivity contribution in [2.75, 3.05) is 18.4 Å². The number of aromatic nitrogens is 2. The van der Waals surface area contributed by atoms with E-state index < -0.39 is 17.6 Å². The topological polar surface area (TPSA) is 61.0 Å². The Balaban J connectivity index is 1.71. The molecule has 2 heterocycles. The van der Waals surface area contributed by atoms with Crippen molar-refractivity contribution in [3.8, 4) is 0 Å². The first-order valence-corrected chi connectivity index (χ1v) is 8.12. The second kappa shape index (κ2) is 7.05. The van der Waals surface area contributed by atoms with Gasteiger partial charge in [0.15, 0.2) is 0 Å². The maximum Gasteiger partial charge on any atom is 0.418 e. The fourth-order valence-electron chi connectivity index (χ4n) is 3.05. The number of hydrogen-bond acceptors (Lipinski definition) is 3. The summed E-state index contributed by atoms with van der Waals surface area (Å²) in [4.78, 5) is 14.2. The van der Waals surface area contributed by atoms with Gasteiger partial charge in [0.05, 0.1) is 29.5 Å². The molecular weight excluding hydrogens is 357 g/mol. The van der Waals surface area contributed by atoms with E-state index in [1.54, 1.807) is 6.20 Å².